The van der Waals surface area contributed by atoms with E-state index in [0.717, 1.165) is 4.88 Å². The molecule has 3 heterocycles. The largest absolute Gasteiger partial charge is 0.457 e. The summed E-state index contributed by atoms with van der Waals surface area (Å²) < 4.78 is 12.1. The molecular weight excluding hydrogens is 366 g/mol. The first-order valence-corrected chi connectivity index (χ1v) is 9.46. The van der Waals surface area contributed by atoms with Gasteiger partial charge in [0.25, 0.3) is 0 Å². The number of rotatable bonds is 5. The van der Waals surface area contributed by atoms with Crippen molar-refractivity contribution in [3.05, 3.63) is 35.3 Å². The second kappa shape index (κ2) is 7.48. The van der Waals surface area contributed by atoms with Gasteiger partial charge < -0.3 is 9.47 Å². The Morgan fingerprint density at radius 2 is 2.07 bits per heavy atom. The van der Waals surface area contributed by atoms with E-state index in [-0.39, 0.29) is 0 Å². The van der Waals surface area contributed by atoms with E-state index in [1.165, 1.54) is 11.3 Å². The van der Waals surface area contributed by atoms with Crippen LogP contribution in [0, 0.1) is 0 Å². The molecule has 0 radical (unpaired) electrons. The monoisotopic (exact) mass is 387 g/mol. The summed E-state index contributed by atoms with van der Waals surface area (Å²) in [6.45, 7) is 7.39. The summed E-state index contributed by atoms with van der Waals surface area (Å²) in [6, 6.07) is 5.53. The number of nitrogens with zero attached hydrogens (tertiary/aromatic N) is 3. The third kappa shape index (κ3) is 4.33. The summed E-state index contributed by atoms with van der Waals surface area (Å²) in [4.78, 5) is 30.1. The smallest absolute Gasteiger partial charge is 0.344 e. The third-order valence-electron chi connectivity index (χ3n) is 3.64. The minimum Gasteiger partial charge on any atom is -0.457 e. The van der Waals surface area contributed by atoms with E-state index < -0.39 is 24.1 Å². The first kappa shape index (κ1) is 19.0. The van der Waals surface area contributed by atoms with Crippen molar-refractivity contribution in [1.82, 2.24) is 14.8 Å². The number of hydrogen-bond donors (Lipinski definition) is 0. The number of carbonyl (C=O) groups excluding carboxylic acids is 2. The van der Waals surface area contributed by atoms with E-state index in [2.05, 4.69) is 10.1 Å². The summed E-state index contributed by atoms with van der Waals surface area (Å²) in [6.07, 6.45) is 1.59. The van der Waals surface area contributed by atoms with E-state index >= 15 is 0 Å². The predicted molar refractivity (Wildman–Crippen MR) is 103 cm³/mol. The van der Waals surface area contributed by atoms with Crippen molar-refractivity contribution in [1.29, 1.82) is 0 Å². The van der Waals surface area contributed by atoms with Crippen molar-refractivity contribution in [2.45, 2.75) is 39.8 Å². The molecule has 0 fully saturated rings. The van der Waals surface area contributed by atoms with Crippen molar-refractivity contribution >= 4 is 34.3 Å². The molecule has 0 aliphatic rings. The summed E-state index contributed by atoms with van der Waals surface area (Å²) in [5, 5.41) is 6.81. The van der Waals surface area contributed by atoms with Crippen LogP contribution in [-0.4, -0.2) is 38.9 Å². The molecule has 0 bridgehead atoms. The lowest BCUT2D eigenvalue weighted by Crippen LogP contribution is -2.27. The Bertz CT molecular complexity index is 971. The Kier molecular flexibility index (Phi) is 5.27. The van der Waals surface area contributed by atoms with Crippen LogP contribution in [0.2, 0.25) is 0 Å². The van der Waals surface area contributed by atoms with Gasteiger partial charge in [0.15, 0.2) is 12.3 Å². The van der Waals surface area contributed by atoms with Gasteiger partial charge in [-0.15, -0.1) is 11.3 Å². The maximum Gasteiger partial charge on any atom is 0.344 e. The standard InChI is InChI=1S/C19H21N3O4S/c1-5-22-17-13(10-20-22)12(9-14(21-17)15-7-6-8-27-15)18(24)25-11-16(23)26-19(2,3)4/h6-10H,5,11H2,1-4H3. The molecule has 0 amide bonds. The fourth-order valence-corrected chi connectivity index (χ4v) is 3.26. The molecule has 0 aliphatic carbocycles. The lowest BCUT2D eigenvalue weighted by Gasteiger charge is -2.19. The maximum absolute atomic E-state index is 12.7. The Hall–Kier alpha value is -2.74. The molecule has 27 heavy (non-hydrogen) atoms. The van der Waals surface area contributed by atoms with Crippen LogP contribution < -0.4 is 0 Å². The van der Waals surface area contributed by atoms with Gasteiger partial charge in [0, 0.05) is 6.54 Å². The molecule has 142 valence electrons. The molecule has 0 saturated heterocycles. The number of pyridine rings is 1. The van der Waals surface area contributed by atoms with Crippen molar-refractivity contribution in [2.24, 2.45) is 0 Å². The summed E-state index contributed by atoms with van der Waals surface area (Å²) in [5.74, 6) is -1.20. The zero-order valence-corrected chi connectivity index (χ0v) is 16.5. The summed E-state index contributed by atoms with van der Waals surface area (Å²) in [7, 11) is 0. The first-order chi connectivity index (χ1) is 12.8. The van der Waals surface area contributed by atoms with Gasteiger partial charge in [0.05, 0.1) is 27.7 Å². The van der Waals surface area contributed by atoms with Crippen LogP contribution in [0.25, 0.3) is 21.6 Å². The van der Waals surface area contributed by atoms with Crippen LogP contribution in [0.1, 0.15) is 38.1 Å². The molecule has 0 saturated carbocycles. The van der Waals surface area contributed by atoms with E-state index in [1.807, 2.05) is 24.4 Å². The minimum atomic E-state index is -0.637. The van der Waals surface area contributed by atoms with Crippen molar-refractivity contribution in [2.75, 3.05) is 6.61 Å². The number of esters is 2. The topological polar surface area (TPSA) is 83.3 Å². The fraction of sp³-hybridized carbons (Fsp3) is 0.368. The van der Waals surface area contributed by atoms with Crippen molar-refractivity contribution in [3.63, 3.8) is 0 Å². The van der Waals surface area contributed by atoms with Gasteiger partial charge in [0.1, 0.15) is 5.60 Å². The predicted octanol–water partition coefficient (Wildman–Crippen LogP) is 3.68. The van der Waals surface area contributed by atoms with Gasteiger partial charge in [-0.05, 0) is 45.2 Å². The van der Waals surface area contributed by atoms with Crippen LogP contribution in [0.4, 0.5) is 0 Å². The van der Waals surface area contributed by atoms with Gasteiger partial charge in [0.2, 0.25) is 0 Å². The van der Waals surface area contributed by atoms with Gasteiger partial charge >= 0.3 is 11.9 Å². The molecule has 0 N–H and O–H groups in total. The van der Waals surface area contributed by atoms with E-state index in [0.29, 0.717) is 28.8 Å². The molecule has 8 heteroatoms. The van der Waals surface area contributed by atoms with Crippen molar-refractivity contribution in [3.8, 4) is 10.6 Å². The second-order valence-corrected chi connectivity index (χ2v) is 7.84. The van der Waals surface area contributed by atoms with Crippen molar-refractivity contribution < 1.29 is 19.1 Å². The lowest BCUT2D eigenvalue weighted by molar-refractivity contribution is -0.158. The molecule has 7 nitrogen and oxygen atoms in total. The highest BCUT2D eigenvalue weighted by Gasteiger charge is 2.21. The molecule has 0 atom stereocenters. The zero-order chi connectivity index (χ0) is 19.6. The molecule has 3 rings (SSSR count). The van der Waals surface area contributed by atoms with Gasteiger partial charge in [-0.1, -0.05) is 6.07 Å². The van der Waals surface area contributed by atoms with Gasteiger partial charge in [-0.3, -0.25) is 0 Å². The highest BCUT2D eigenvalue weighted by atomic mass is 32.1. The number of hydrogen-bond acceptors (Lipinski definition) is 7. The fourth-order valence-electron chi connectivity index (χ4n) is 2.57. The Balaban J connectivity index is 1.91. The molecule has 0 unspecified atom stereocenters. The molecule has 0 aliphatic heterocycles. The highest BCUT2D eigenvalue weighted by Crippen LogP contribution is 2.28. The molecular formula is C19H21N3O4S. The minimum absolute atomic E-state index is 0.326. The number of thiophene rings is 1. The number of aromatic nitrogens is 3. The van der Waals surface area contributed by atoms with Crippen LogP contribution >= 0.6 is 11.3 Å². The first-order valence-electron chi connectivity index (χ1n) is 8.58. The number of carbonyl (C=O) groups is 2. The SMILES string of the molecule is CCn1ncc2c(C(=O)OCC(=O)OC(C)(C)C)cc(-c3cccs3)nc21. The average molecular weight is 387 g/mol. The van der Waals surface area contributed by atoms with Gasteiger partial charge in [-0.2, -0.15) is 5.10 Å². The van der Waals surface area contributed by atoms with Crippen LogP contribution in [-0.2, 0) is 20.8 Å². The normalized spacial score (nSPS) is 11.6. The highest BCUT2D eigenvalue weighted by molar-refractivity contribution is 7.13. The quantitative estimate of drug-likeness (QED) is 0.621. The number of aryl methyl sites for hydroxylation is 1. The van der Waals surface area contributed by atoms with Crippen LogP contribution in [0.5, 0.6) is 0 Å². The van der Waals surface area contributed by atoms with E-state index in [9.17, 15) is 9.59 Å². The molecule has 3 aromatic heterocycles. The Morgan fingerprint density at radius 1 is 1.30 bits per heavy atom. The van der Waals surface area contributed by atoms with Crippen LogP contribution in [0.3, 0.4) is 0 Å². The van der Waals surface area contributed by atoms with Gasteiger partial charge in [-0.25, -0.2) is 19.3 Å². The third-order valence-corrected chi connectivity index (χ3v) is 4.54. The van der Waals surface area contributed by atoms with E-state index in [1.54, 1.807) is 37.7 Å². The average Bonchev–Trinajstić information content (AvgIpc) is 3.26. The maximum atomic E-state index is 12.7. The number of fused-ring (bicyclic) bond motifs is 1. The van der Waals surface area contributed by atoms with E-state index in [4.69, 9.17) is 9.47 Å². The summed E-state index contributed by atoms with van der Waals surface area (Å²) in [5.41, 5.74) is 0.957. The molecule has 0 spiro atoms. The molecule has 0 aromatic carbocycles. The number of ether oxygens (including phenoxy) is 2. The summed E-state index contributed by atoms with van der Waals surface area (Å²) >= 11 is 1.53. The Labute approximate surface area is 160 Å². The zero-order valence-electron chi connectivity index (χ0n) is 15.7. The molecule has 3 aromatic rings. The van der Waals surface area contributed by atoms with Crippen LogP contribution in [0.15, 0.2) is 29.8 Å². The second-order valence-electron chi connectivity index (χ2n) is 6.89. The lowest BCUT2D eigenvalue weighted by atomic mass is 10.1. The Morgan fingerprint density at radius 3 is 2.70 bits per heavy atom.